The second kappa shape index (κ2) is 4.98. The smallest absolute Gasteiger partial charge is 0.220 e. The van der Waals surface area contributed by atoms with Gasteiger partial charge >= 0.3 is 0 Å². The standard InChI is InChI=1S/C10H20N2O2S2/c1-10(2)4-3-6-12(7-5-10)16(13,14)8-9(11)15/h3-8H2,1-2H3,(H2,11,15). The lowest BCUT2D eigenvalue weighted by Gasteiger charge is -2.22. The van der Waals surface area contributed by atoms with E-state index in [1.54, 1.807) is 0 Å². The number of hydrogen-bond donors (Lipinski definition) is 1. The molecular formula is C10H20N2O2S2. The first-order valence-corrected chi connectivity index (χ1v) is 7.51. The molecule has 1 aliphatic heterocycles. The lowest BCUT2D eigenvalue weighted by Crippen LogP contribution is -2.37. The van der Waals surface area contributed by atoms with Gasteiger partial charge in [0.05, 0.1) is 4.99 Å². The van der Waals surface area contributed by atoms with Crippen LogP contribution >= 0.6 is 12.2 Å². The molecular weight excluding hydrogens is 244 g/mol. The Hall–Kier alpha value is -0.200. The molecule has 1 fully saturated rings. The quantitative estimate of drug-likeness (QED) is 0.776. The van der Waals surface area contributed by atoms with Gasteiger partial charge in [-0.2, -0.15) is 0 Å². The molecule has 0 atom stereocenters. The number of nitrogens with two attached hydrogens (primary N) is 1. The predicted molar refractivity (Wildman–Crippen MR) is 69.8 cm³/mol. The summed E-state index contributed by atoms with van der Waals surface area (Å²) in [6.45, 7) is 5.53. The van der Waals surface area contributed by atoms with Crippen LogP contribution in [-0.2, 0) is 10.0 Å². The van der Waals surface area contributed by atoms with Gasteiger partial charge in [-0.1, -0.05) is 26.1 Å². The van der Waals surface area contributed by atoms with Crippen LogP contribution in [0, 0.1) is 5.41 Å². The largest absolute Gasteiger partial charge is 0.392 e. The Kier molecular flexibility index (Phi) is 4.31. The maximum atomic E-state index is 11.9. The monoisotopic (exact) mass is 264 g/mol. The Morgan fingerprint density at radius 3 is 2.56 bits per heavy atom. The summed E-state index contributed by atoms with van der Waals surface area (Å²) < 4.78 is 25.4. The highest BCUT2D eigenvalue weighted by Crippen LogP contribution is 2.30. The van der Waals surface area contributed by atoms with Gasteiger partial charge in [-0.3, -0.25) is 0 Å². The minimum atomic E-state index is -3.29. The molecule has 94 valence electrons. The van der Waals surface area contributed by atoms with E-state index in [9.17, 15) is 8.42 Å². The fraction of sp³-hybridized carbons (Fsp3) is 0.900. The highest BCUT2D eigenvalue weighted by Gasteiger charge is 2.29. The van der Waals surface area contributed by atoms with Crippen LogP contribution in [0.4, 0.5) is 0 Å². The Morgan fingerprint density at radius 1 is 1.38 bits per heavy atom. The first kappa shape index (κ1) is 13.9. The molecule has 0 radical (unpaired) electrons. The Morgan fingerprint density at radius 2 is 2.00 bits per heavy atom. The summed E-state index contributed by atoms with van der Waals surface area (Å²) in [6, 6.07) is 0. The summed E-state index contributed by atoms with van der Waals surface area (Å²) in [5, 5.41) is 0. The molecule has 0 aromatic carbocycles. The van der Waals surface area contributed by atoms with Crippen molar-refractivity contribution < 1.29 is 8.42 Å². The maximum Gasteiger partial charge on any atom is 0.220 e. The van der Waals surface area contributed by atoms with Crippen molar-refractivity contribution in [3.05, 3.63) is 0 Å². The highest BCUT2D eigenvalue weighted by atomic mass is 32.2. The molecule has 0 amide bonds. The van der Waals surface area contributed by atoms with Gasteiger partial charge in [-0.05, 0) is 24.7 Å². The average molecular weight is 264 g/mol. The van der Waals surface area contributed by atoms with Gasteiger partial charge in [0.2, 0.25) is 10.0 Å². The maximum absolute atomic E-state index is 11.9. The number of sulfonamides is 1. The van der Waals surface area contributed by atoms with Crippen LogP contribution in [0.5, 0.6) is 0 Å². The van der Waals surface area contributed by atoms with E-state index in [1.807, 2.05) is 0 Å². The second-order valence-corrected chi connectivity index (χ2v) is 7.63. The molecule has 0 aromatic heterocycles. The molecule has 1 aliphatic rings. The van der Waals surface area contributed by atoms with Crippen molar-refractivity contribution in [2.75, 3.05) is 18.8 Å². The van der Waals surface area contributed by atoms with Gasteiger partial charge in [0.25, 0.3) is 0 Å². The lowest BCUT2D eigenvalue weighted by molar-refractivity contribution is 0.315. The number of hydrogen-bond acceptors (Lipinski definition) is 3. The second-order valence-electron chi connectivity index (χ2n) is 5.14. The molecule has 0 spiro atoms. The van der Waals surface area contributed by atoms with Crippen LogP contribution in [0.1, 0.15) is 33.1 Å². The van der Waals surface area contributed by atoms with Crippen molar-refractivity contribution in [3.8, 4) is 0 Å². The third-order valence-electron chi connectivity index (χ3n) is 3.02. The molecule has 1 saturated heterocycles. The van der Waals surface area contributed by atoms with E-state index in [-0.39, 0.29) is 16.2 Å². The minimum Gasteiger partial charge on any atom is -0.392 e. The van der Waals surface area contributed by atoms with Gasteiger partial charge in [-0.15, -0.1) is 0 Å². The van der Waals surface area contributed by atoms with E-state index >= 15 is 0 Å². The van der Waals surface area contributed by atoms with Crippen molar-refractivity contribution in [1.82, 2.24) is 4.31 Å². The van der Waals surface area contributed by atoms with E-state index in [4.69, 9.17) is 5.73 Å². The normalized spacial score (nSPS) is 22.6. The molecule has 0 aromatic rings. The summed E-state index contributed by atoms with van der Waals surface area (Å²) in [7, 11) is -3.29. The molecule has 1 rings (SSSR count). The zero-order valence-corrected chi connectivity index (χ0v) is 11.5. The summed E-state index contributed by atoms with van der Waals surface area (Å²) in [5.41, 5.74) is 5.53. The fourth-order valence-corrected chi connectivity index (χ4v) is 3.71. The molecule has 6 heteroatoms. The van der Waals surface area contributed by atoms with Gasteiger partial charge in [-0.25, -0.2) is 12.7 Å². The Balaban J connectivity index is 2.71. The van der Waals surface area contributed by atoms with Crippen molar-refractivity contribution in [2.45, 2.75) is 33.1 Å². The third-order valence-corrected chi connectivity index (χ3v) is 5.17. The van der Waals surface area contributed by atoms with E-state index in [0.29, 0.717) is 13.1 Å². The molecule has 2 N–H and O–H groups in total. The SMILES string of the molecule is CC1(C)CCCN(S(=O)(=O)CC(N)=S)CC1. The lowest BCUT2D eigenvalue weighted by atomic mass is 9.85. The Bertz CT molecular complexity index is 363. The summed E-state index contributed by atoms with van der Waals surface area (Å²) in [6.07, 6.45) is 2.86. The number of nitrogens with zero attached hydrogens (tertiary/aromatic N) is 1. The first-order chi connectivity index (χ1) is 7.23. The van der Waals surface area contributed by atoms with Crippen LogP contribution in [0.2, 0.25) is 0 Å². The van der Waals surface area contributed by atoms with E-state index in [0.717, 1.165) is 19.3 Å². The van der Waals surface area contributed by atoms with Gasteiger partial charge in [0.1, 0.15) is 5.75 Å². The van der Waals surface area contributed by atoms with Crippen molar-refractivity contribution in [1.29, 1.82) is 0 Å². The third kappa shape index (κ3) is 3.99. The molecule has 16 heavy (non-hydrogen) atoms. The van der Waals surface area contributed by atoms with Crippen molar-refractivity contribution in [3.63, 3.8) is 0 Å². The average Bonchev–Trinajstić information content (AvgIpc) is 2.24. The van der Waals surface area contributed by atoms with Gasteiger partial charge in [0.15, 0.2) is 0 Å². The van der Waals surface area contributed by atoms with Crippen LogP contribution < -0.4 is 5.73 Å². The zero-order valence-electron chi connectivity index (χ0n) is 9.90. The topological polar surface area (TPSA) is 63.4 Å². The molecule has 0 bridgehead atoms. The predicted octanol–water partition coefficient (Wildman–Crippen LogP) is 1.11. The molecule has 0 saturated carbocycles. The van der Waals surface area contributed by atoms with Crippen LogP contribution in [0.25, 0.3) is 0 Å². The summed E-state index contributed by atoms with van der Waals surface area (Å²) >= 11 is 4.66. The van der Waals surface area contributed by atoms with E-state index < -0.39 is 10.0 Å². The summed E-state index contributed by atoms with van der Waals surface area (Å²) in [4.78, 5) is 0.0449. The number of rotatable bonds is 3. The Labute approximate surface area is 103 Å². The zero-order chi connectivity index (χ0) is 12.4. The number of thiocarbonyl (C=S) groups is 1. The summed E-state index contributed by atoms with van der Waals surface area (Å²) in [5.74, 6) is -0.206. The molecule has 0 unspecified atom stereocenters. The van der Waals surface area contributed by atoms with Gasteiger partial charge in [0, 0.05) is 13.1 Å². The van der Waals surface area contributed by atoms with Crippen LogP contribution in [0.15, 0.2) is 0 Å². The van der Waals surface area contributed by atoms with Crippen molar-refractivity contribution >= 4 is 27.2 Å². The van der Waals surface area contributed by atoms with E-state index in [2.05, 4.69) is 26.1 Å². The van der Waals surface area contributed by atoms with Gasteiger partial charge < -0.3 is 5.73 Å². The molecule has 1 heterocycles. The fourth-order valence-electron chi connectivity index (χ4n) is 1.95. The van der Waals surface area contributed by atoms with Crippen LogP contribution in [0.3, 0.4) is 0 Å². The highest BCUT2D eigenvalue weighted by molar-refractivity contribution is 7.92. The minimum absolute atomic E-state index is 0.0449. The van der Waals surface area contributed by atoms with E-state index in [1.165, 1.54) is 4.31 Å². The molecule has 4 nitrogen and oxygen atoms in total. The first-order valence-electron chi connectivity index (χ1n) is 5.49. The van der Waals surface area contributed by atoms with Crippen molar-refractivity contribution in [2.24, 2.45) is 11.1 Å². The molecule has 0 aliphatic carbocycles. The van der Waals surface area contributed by atoms with Crippen LogP contribution in [-0.4, -0.2) is 36.6 Å².